The van der Waals surface area contributed by atoms with Crippen LogP contribution in [0.1, 0.15) is 11.6 Å². The van der Waals surface area contributed by atoms with Gasteiger partial charge in [0, 0.05) is 43.9 Å². The lowest BCUT2D eigenvalue weighted by atomic mass is 10.0. The molecule has 100 valence electrons. The first-order chi connectivity index (χ1) is 8.63. The number of halogens is 4. The zero-order chi connectivity index (χ0) is 13.1. The fourth-order valence-electron chi connectivity index (χ4n) is 2.22. The molecule has 0 spiro atoms. The maximum absolute atomic E-state index is 13.6. The molecule has 0 bridgehead atoms. The van der Waals surface area contributed by atoms with Crippen LogP contribution >= 0.6 is 0 Å². The van der Waals surface area contributed by atoms with Gasteiger partial charge in [-0.2, -0.15) is 0 Å². The highest BCUT2D eigenvalue weighted by atomic mass is 19.1. The van der Waals surface area contributed by atoms with Gasteiger partial charge < -0.3 is 5.32 Å². The van der Waals surface area contributed by atoms with Crippen LogP contribution in [-0.2, 0) is 0 Å². The molecule has 1 N–H and O–H groups in total. The summed E-state index contributed by atoms with van der Waals surface area (Å²) >= 11 is 0. The number of rotatable bonds is 3. The minimum absolute atomic E-state index is 0.388. The normalized spacial score (nSPS) is 18.9. The van der Waals surface area contributed by atoms with Crippen molar-refractivity contribution >= 4 is 0 Å². The number of alkyl halides is 1. The van der Waals surface area contributed by atoms with Gasteiger partial charge in [-0.05, 0) is 0 Å². The lowest BCUT2D eigenvalue weighted by Gasteiger charge is -2.33. The van der Waals surface area contributed by atoms with Crippen molar-refractivity contribution in [2.45, 2.75) is 6.04 Å². The molecular weight excluding hydrogens is 248 g/mol. The van der Waals surface area contributed by atoms with Gasteiger partial charge in [0.2, 0.25) is 0 Å². The second-order valence-electron chi connectivity index (χ2n) is 4.24. The quantitative estimate of drug-likeness (QED) is 0.838. The Morgan fingerprint density at radius 2 is 1.67 bits per heavy atom. The van der Waals surface area contributed by atoms with Gasteiger partial charge >= 0.3 is 0 Å². The van der Waals surface area contributed by atoms with Crippen LogP contribution in [-0.4, -0.2) is 37.8 Å². The van der Waals surface area contributed by atoms with Gasteiger partial charge in [-0.1, -0.05) is 0 Å². The molecule has 1 aliphatic heterocycles. The Morgan fingerprint density at radius 1 is 1.11 bits per heavy atom. The number of nitrogens with one attached hydrogen (secondary N) is 1. The summed E-state index contributed by atoms with van der Waals surface area (Å²) in [5.74, 6) is -3.06. The fourth-order valence-corrected chi connectivity index (χ4v) is 2.22. The Bertz CT molecular complexity index is 396. The maximum atomic E-state index is 13.6. The first-order valence-corrected chi connectivity index (χ1v) is 5.78. The van der Waals surface area contributed by atoms with E-state index in [-0.39, 0.29) is 5.56 Å². The van der Waals surface area contributed by atoms with E-state index in [4.69, 9.17) is 0 Å². The molecule has 2 rings (SSSR count). The van der Waals surface area contributed by atoms with Crippen molar-refractivity contribution in [2.24, 2.45) is 0 Å². The molecule has 1 aliphatic rings. The Balaban J connectivity index is 2.32. The molecule has 6 heteroatoms. The van der Waals surface area contributed by atoms with Crippen LogP contribution in [0.25, 0.3) is 0 Å². The number of hydrogen-bond acceptors (Lipinski definition) is 2. The van der Waals surface area contributed by atoms with Crippen LogP contribution in [0.3, 0.4) is 0 Å². The topological polar surface area (TPSA) is 15.3 Å². The number of piperazine rings is 1. The predicted molar refractivity (Wildman–Crippen MR) is 59.5 cm³/mol. The Morgan fingerprint density at radius 3 is 2.17 bits per heavy atom. The highest BCUT2D eigenvalue weighted by molar-refractivity contribution is 5.24. The summed E-state index contributed by atoms with van der Waals surface area (Å²) in [5, 5.41) is 3.07. The largest absolute Gasteiger partial charge is 0.314 e. The van der Waals surface area contributed by atoms with Crippen LogP contribution in [0.2, 0.25) is 0 Å². The maximum Gasteiger partial charge on any atom is 0.133 e. The van der Waals surface area contributed by atoms with Crippen LogP contribution in [0.4, 0.5) is 17.6 Å². The van der Waals surface area contributed by atoms with Gasteiger partial charge in [0.25, 0.3) is 0 Å². The highest BCUT2D eigenvalue weighted by Crippen LogP contribution is 2.27. The van der Waals surface area contributed by atoms with Gasteiger partial charge in [0.05, 0.1) is 6.04 Å². The standard InChI is InChI=1S/C12H14F4N2/c13-7-11(18-3-1-17-2-4-18)12-9(15)5-8(14)6-10(12)16/h5-6,11,17H,1-4,7H2/t11-/m0/s1. The van der Waals surface area contributed by atoms with Crippen molar-refractivity contribution in [3.05, 3.63) is 35.1 Å². The molecule has 1 saturated heterocycles. The Labute approximate surface area is 103 Å². The zero-order valence-corrected chi connectivity index (χ0v) is 9.73. The molecule has 1 fully saturated rings. The van der Waals surface area contributed by atoms with E-state index in [1.165, 1.54) is 0 Å². The molecule has 1 aromatic rings. The molecule has 0 radical (unpaired) electrons. The minimum Gasteiger partial charge on any atom is -0.314 e. The van der Waals surface area contributed by atoms with Crippen molar-refractivity contribution in [1.82, 2.24) is 10.2 Å². The first-order valence-electron chi connectivity index (χ1n) is 5.78. The monoisotopic (exact) mass is 262 g/mol. The average Bonchev–Trinajstić information content (AvgIpc) is 2.34. The van der Waals surface area contributed by atoms with E-state index in [0.717, 1.165) is 0 Å². The van der Waals surface area contributed by atoms with Crippen molar-refractivity contribution in [3.63, 3.8) is 0 Å². The highest BCUT2D eigenvalue weighted by Gasteiger charge is 2.28. The summed E-state index contributed by atoms with van der Waals surface area (Å²) in [6.45, 7) is 1.39. The first kappa shape index (κ1) is 13.3. The summed E-state index contributed by atoms with van der Waals surface area (Å²) < 4.78 is 53.1. The van der Waals surface area contributed by atoms with E-state index in [9.17, 15) is 17.6 Å². The molecular formula is C12H14F4N2. The number of benzene rings is 1. The second-order valence-corrected chi connectivity index (χ2v) is 4.24. The lowest BCUT2D eigenvalue weighted by Crippen LogP contribution is -2.46. The SMILES string of the molecule is FC[C@@H](c1c(F)cc(F)cc1F)N1CCNCC1. The van der Waals surface area contributed by atoms with Gasteiger partial charge in [-0.3, -0.25) is 4.90 Å². The number of nitrogens with zero attached hydrogens (tertiary/aromatic N) is 1. The molecule has 0 amide bonds. The summed E-state index contributed by atoms with van der Waals surface area (Å²) in [7, 11) is 0. The van der Waals surface area contributed by atoms with Crippen molar-refractivity contribution in [3.8, 4) is 0 Å². The Hall–Kier alpha value is -1.14. The Kier molecular flexibility index (Phi) is 4.19. The molecule has 0 saturated carbocycles. The minimum atomic E-state index is -1.03. The van der Waals surface area contributed by atoms with Crippen LogP contribution < -0.4 is 5.32 Å². The second kappa shape index (κ2) is 5.67. The van der Waals surface area contributed by atoms with E-state index < -0.39 is 30.2 Å². The van der Waals surface area contributed by atoms with Crippen molar-refractivity contribution in [1.29, 1.82) is 0 Å². The molecule has 1 atom stereocenters. The van der Waals surface area contributed by atoms with E-state index in [2.05, 4.69) is 5.32 Å². The summed E-state index contributed by atoms with van der Waals surface area (Å²) in [6, 6.07) is 0.180. The number of hydrogen-bond donors (Lipinski definition) is 1. The van der Waals surface area contributed by atoms with E-state index in [1.54, 1.807) is 4.90 Å². The smallest absolute Gasteiger partial charge is 0.133 e. The third-order valence-electron chi connectivity index (χ3n) is 3.12. The lowest BCUT2D eigenvalue weighted by molar-refractivity contribution is 0.141. The summed E-state index contributed by atoms with van der Waals surface area (Å²) in [6.07, 6.45) is 0. The summed E-state index contributed by atoms with van der Waals surface area (Å²) in [4.78, 5) is 1.66. The molecule has 0 aromatic heterocycles. The molecule has 0 unspecified atom stereocenters. The van der Waals surface area contributed by atoms with Crippen molar-refractivity contribution in [2.75, 3.05) is 32.9 Å². The third kappa shape index (κ3) is 2.64. The fraction of sp³-hybridized carbons (Fsp3) is 0.500. The molecule has 0 aliphatic carbocycles. The van der Waals surface area contributed by atoms with Crippen molar-refractivity contribution < 1.29 is 17.6 Å². The van der Waals surface area contributed by atoms with Crippen LogP contribution in [0.5, 0.6) is 0 Å². The van der Waals surface area contributed by atoms with Gasteiger partial charge in [-0.15, -0.1) is 0 Å². The van der Waals surface area contributed by atoms with Gasteiger partial charge in [0.15, 0.2) is 0 Å². The molecule has 2 nitrogen and oxygen atoms in total. The van der Waals surface area contributed by atoms with E-state index in [1.807, 2.05) is 0 Å². The van der Waals surface area contributed by atoms with E-state index >= 15 is 0 Å². The van der Waals surface area contributed by atoms with Crippen LogP contribution in [0, 0.1) is 17.5 Å². The molecule has 18 heavy (non-hydrogen) atoms. The van der Waals surface area contributed by atoms with Gasteiger partial charge in [-0.25, -0.2) is 17.6 Å². The van der Waals surface area contributed by atoms with E-state index in [0.29, 0.717) is 38.3 Å². The summed E-state index contributed by atoms with van der Waals surface area (Å²) in [5.41, 5.74) is -0.388. The predicted octanol–water partition coefficient (Wildman–Crippen LogP) is 2.02. The molecule has 1 heterocycles. The third-order valence-corrected chi connectivity index (χ3v) is 3.12. The molecule has 1 aromatic carbocycles. The van der Waals surface area contributed by atoms with Crippen LogP contribution in [0.15, 0.2) is 12.1 Å². The zero-order valence-electron chi connectivity index (χ0n) is 9.73. The van der Waals surface area contributed by atoms with Gasteiger partial charge in [0.1, 0.15) is 24.1 Å². The average molecular weight is 262 g/mol.